The SMILES string of the molecule is CCn1c(C2CCN(C(=O)CCS(=O)(=O)c3ccccc3)CC2)nn(CCOC)c1=O. The van der Waals surface area contributed by atoms with E-state index in [-0.39, 0.29) is 34.6 Å². The van der Waals surface area contributed by atoms with E-state index in [1.165, 1.54) is 4.68 Å². The van der Waals surface area contributed by atoms with Crippen LogP contribution in [-0.2, 0) is 32.5 Å². The number of amides is 1. The molecule has 0 radical (unpaired) electrons. The molecule has 1 aromatic heterocycles. The number of carbonyl (C=O) groups is 1. The lowest BCUT2D eigenvalue weighted by atomic mass is 9.95. The van der Waals surface area contributed by atoms with Crippen molar-refractivity contribution in [2.24, 2.45) is 0 Å². The van der Waals surface area contributed by atoms with Gasteiger partial charge in [-0.05, 0) is 31.9 Å². The zero-order valence-corrected chi connectivity index (χ0v) is 18.9. The van der Waals surface area contributed by atoms with Crippen LogP contribution >= 0.6 is 0 Å². The van der Waals surface area contributed by atoms with Crippen LogP contribution in [0.3, 0.4) is 0 Å². The van der Waals surface area contributed by atoms with Gasteiger partial charge in [-0.3, -0.25) is 9.36 Å². The third-order valence-electron chi connectivity index (χ3n) is 5.67. The fourth-order valence-electron chi connectivity index (χ4n) is 3.89. The van der Waals surface area contributed by atoms with E-state index in [1.807, 2.05) is 6.92 Å². The molecule has 1 aliphatic rings. The van der Waals surface area contributed by atoms with Crippen molar-refractivity contribution >= 4 is 15.7 Å². The summed E-state index contributed by atoms with van der Waals surface area (Å²) in [6.07, 6.45) is 1.35. The number of hydrogen-bond acceptors (Lipinski definition) is 6. The number of methoxy groups -OCH3 is 1. The first-order valence-corrected chi connectivity index (χ1v) is 12.2. The lowest BCUT2D eigenvalue weighted by molar-refractivity contribution is -0.131. The Labute approximate surface area is 182 Å². The number of benzene rings is 1. The third kappa shape index (κ3) is 5.43. The highest BCUT2D eigenvalue weighted by molar-refractivity contribution is 7.91. The average molecular weight is 451 g/mol. The topological polar surface area (TPSA) is 104 Å². The molecule has 0 aliphatic carbocycles. The third-order valence-corrected chi connectivity index (χ3v) is 7.41. The Morgan fingerprint density at radius 2 is 1.87 bits per heavy atom. The lowest BCUT2D eigenvalue weighted by Crippen LogP contribution is -2.39. The fourth-order valence-corrected chi connectivity index (χ4v) is 5.14. The van der Waals surface area contributed by atoms with Crippen LogP contribution in [-0.4, -0.2) is 66.1 Å². The molecule has 1 fully saturated rings. The average Bonchev–Trinajstić information content (AvgIpc) is 3.12. The molecular weight excluding hydrogens is 420 g/mol. The summed E-state index contributed by atoms with van der Waals surface area (Å²) >= 11 is 0. The standard InChI is InChI=1S/C21H30N4O5S/c1-3-24-20(22-25(21(24)27)14-15-30-2)17-9-12-23(13-10-17)19(26)11-16-31(28,29)18-7-5-4-6-8-18/h4-8,17H,3,9-16H2,1-2H3. The second-order valence-corrected chi connectivity index (χ2v) is 9.75. The number of ether oxygens (including phenoxy) is 1. The summed E-state index contributed by atoms with van der Waals surface area (Å²) < 4.78 is 33.0. The van der Waals surface area contributed by atoms with Crippen LogP contribution in [0.15, 0.2) is 40.0 Å². The van der Waals surface area contributed by atoms with Crippen LogP contribution in [0.4, 0.5) is 0 Å². The zero-order valence-electron chi connectivity index (χ0n) is 18.1. The summed E-state index contributed by atoms with van der Waals surface area (Å²) in [5, 5.41) is 4.52. The van der Waals surface area contributed by atoms with Crippen molar-refractivity contribution in [3.63, 3.8) is 0 Å². The van der Waals surface area contributed by atoms with Crippen molar-refractivity contribution in [2.75, 3.05) is 32.6 Å². The van der Waals surface area contributed by atoms with Crippen molar-refractivity contribution in [3.05, 3.63) is 46.6 Å². The van der Waals surface area contributed by atoms with E-state index in [9.17, 15) is 18.0 Å². The Balaban J connectivity index is 1.58. The first kappa shape index (κ1) is 23.2. The van der Waals surface area contributed by atoms with Crippen molar-refractivity contribution < 1.29 is 17.9 Å². The van der Waals surface area contributed by atoms with E-state index >= 15 is 0 Å². The molecule has 1 aromatic carbocycles. The largest absolute Gasteiger partial charge is 0.383 e. The van der Waals surface area contributed by atoms with E-state index in [0.717, 1.165) is 5.82 Å². The molecule has 0 unspecified atom stereocenters. The number of likely N-dealkylation sites (tertiary alicyclic amines) is 1. The van der Waals surface area contributed by atoms with Crippen LogP contribution in [0.1, 0.15) is 37.9 Å². The maximum Gasteiger partial charge on any atom is 0.345 e. The monoisotopic (exact) mass is 450 g/mol. The van der Waals surface area contributed by atoms with Crippen molar-refractivity contribution in [2.45, 2.75) is 50.1 Å². The lowest BCUT2D eigenvalue weighted by Gasteiger charge is -2.31. The summed E-state index contributed by atoms with van der Waals surface area (Å²) in [5.74, 6) is 0.488. The van der Waals surface area contributed by atoms with Gasteiger partial charge in [0, 0.05) is 39.1 Å². The molecule has 2 aromatic rings. The summed E-state index contributed by atoms with van der Waals surface area (Å²) in [6, 6.07) is 8.19. The van der Waals surface area contributed by atoms with Gasteiger partial charge < -0.3 is 9.64 Å². The number of piperidine rings is 1. The highest BCUT2D eigenvalue weighted by Gasteiger charge is 2.29. The molecular formula is C21H30N4O5S. The Bertz CT molecular complexity index is 1040. The number of sulfone groups is 1. The molecule has 0 spiro atoms. The number of hydrogen-bond donors (Lipinski definition) is 0. The van der Waals surface area contributed by atoms with Gasteiger partial charge in [0.15, 0.2) is 9.84 Å². The maximum atomic E-state index is 12.6. The Kier molecular flexibility index (Phi) is 7.66. The van der Waals surface area contributed by atoms with Crippen LogP contribution in [0.25, 0.3) is 0 Å². The van der Waals surface area contributed by atoms with Gasteiger partial charge in [-0.1, -0.05) is 18.2 Å². The second-order valence-electron chi connectivity index (χ2n) is 7.64. The van der Waals surface area contributed by atoms with Gasteiger partial charge in [0.2, 0.25) is 5.91 Å². The van der Waals surface area contributed by atoms with Crippen LogP contribution < -0.4 is 5.69 Å². The molecule has 0 saturated carbocycles. The van der Waals surface area contributed by atoms with Gasteiger partial charge >= 0.3 is 5.69 Å². The quantitative estimate of drug-likeness (QED) is 0.570. The normalized spacial score (nSPS) is 15.4. The number of aromatic nitrogens is 3. The van der Waals surface area contributed by atoms with Gasteiger partial charge in [-0.15, -0.1) is 0 Å². The number of nitrogens with zero attached hydrogens (tertiary/aromatic N) is 4. The molecule has 170 valence electrons. The van der Waals surface area contributed by atoms with Gasteiger partial charge in [-0.25, -0.2) is 17.9 Å². The predicted octanol–water partition coefficient (Wildman–Crippen LogP) is 1.28. The highest BCUT2D eigenvalue weighted by atomic mass is 32.2. The minimum Gasteiger partial charge on any atom is -0.383 e. The number of carbonyl (C=O) groups excluding carboxylic acids is 1. The maximum absolute atomic E-state index is 12.6. The molecule has 9 nitrogen and oxygen atoms in total. The van der Waals surface area contributed by atoms with E-state index in [2.05, 4.69) is 5.10 Å². The van der Waals surface area contributed by atoms with Crippen molar-refractivity contribution in [1.29, 1.82) is 0 Å². The van der Waals surface area contributed by atoms with E-state index in [0.29, 0.717) is 45.6 Å². The van der Waals surface area contributed by atoms with Crippen molar-refractivity contribution in [3.8, 4) is 0 Å². The van der Waals surface area contributed by atoms with Crippen LogP contribution in [0.5, 0.6) is 0 Å². The molecule has 2 heterocycles. The molecule has 0 bridgehead atoms. The second kappa shape index (κ2) is 10.2. The predicted molar refractivity (Wildman–Crippen MR) is 116 cm³/mol. The summed E-state index contributed by atoms with van der Waals surface area (Å²) in [6.45, 7) is 4.33. The molecule has 1 aliphatic heterocycles. The Hall–Kier alpha value is -2.46. The Morgan fingerprint density at radius 3 is 2.48 bits per heavy atom. The zero-order chi connectivity index (χ0) is 22.4. The first-order chi connectivity index (χ1) is 14.9. The van der Waals surface area contributed by atoms with Crippen LogP contribution in [0, 0.1) is 0 Å². The molecule has 0 atom stereocenters. The van der Waals surface area contributed by atoms with E-state index in [4.69, 9.17) is 4.74 Å². The van der Waals surface area contributed by atoms with Crippen molar-refractivity contribution in [1.82, 2.24) is 19.2 Å². The fraction of sp³-hybridized carbons (Fsp3) is 0.571. The van der Waals surface area contributed by atoms with Gasteiger partial charge in [0.25, 0.3) is 0 Å². The smallest absolute Gasteiger partial charge is 0.345 e. The minimum absolute atomic E-state index is 0.0345. The molecule has 1 amide bonds. The van der Waals surface area contributed by atoms with E-state index in [1.54, 1.807) is 46.9 Å². The van der Waals surface area contributed by atoms with Gasteiger partial charge in [-0.2, -0.15) is 5.10 Å². The van der Waals surface area contributed by atoms with Gasteiger partial charge in [0.1, 0.15) is 5.82 Å². The Morgan fingerprint density at radius 1 is 1.19 bits per heavy atom. The van der Waals surface area contributed by atoms with Crippen LogP contribution in [0.2, 0.25) is 0 Å². The summed E-state index contributed by atoms with van der Waals surface area (Å²) in [7, 11) is -1.89. The van der Waals surface area contributed by atoms with Gasteiger partial charge in [0.05, 0.1) is 23.8 Å². The minimum atomic E-state index is -3.48. The molecule has 31 heavy (non-hydrogen) atoms. The molecule has 3 rings (SSSR count). The summed E-state index contributed by atoms with van der Waals surface area (Å²) in [4.78, 5) is 27.1. The number of rotatable bonds is 9. The molecule has 0 N–H and O–H groups in total. The molecule has 1 saturated heterocycles. The van der Waals surface area contributed by atoms with E-state index < -0.39 is 9.84 Å². The summed E-state index contributed by atoms with van der Waals surface area (Å²) in [5.41, 5.74) is -0.140. The highest BCUT2D eigenvalue weighted by Crippen LogP contribution is 2.26. The first-order valence-electron chi connectivity index (χ1n) is 10.6. The molecule has 10 heteroatoms.